The van der Waals surface area contributed by atoms with Crippen LogP contribution in [0.5, 0.6) is 0 Å². The Kier molecular flexibility index (Phi) is 4.39. The standard InChI is InChI=1S/C16H22FN3O3S/c1-11-16(21)19-9-12(18(2)3)8-13(19)10-20(11)24(22,23)15-7-5-4-6-14(15)17/h4-7,11-13H,8-10H2,1-3H3/t11-,12-,13-/m0/s1. The van der Waals surface area contributed by atoms with E-state index < -0.39 is 21.9 Å². The second-order valence-electron chi connectivity index (χ2n) is 6.68. The van der Waals surface area contributed by atoms with Gasteiger partial charge in [0, 0.05) is 25.2 Å². The number of carbonyl (C=O) groups excluding carboxylic acids is 1. The summed E-state index contributed by atoms with van der Waals surface area (Å²) in [6, 6.07) is 4.51. The molecule has 132 valence electrons. The van der Waals surface area contributed by atoms with Crippen molar-refractivity contribution in [3.05, 3.63) is 30.1 Å². The third-order valence-corrected chi connectivity index (χ3v) is 6.98. The van der Waals surface area contributed by atoms with Crippen molar-refractivity contribution in [2.75, 3.05) is 27.2 Å². The molecule has 0 spiro atoms. The zero-order valence-corrected chi connectivity index (χ0v) is 14.8. The molecule has 3 rings (SSSR count). The number of fused-ring (bicyclic) bond motifs is 1. The maximum atomic E-state index is 14.0. The van der Waals surface area contributed by atoms with Crippen molar-refractivity contribution in [2.45, 2.75) is 36.4 Å². The summed E-state index contributed by atoms with van der Waals surface area (Å²) in [5.41, 5.74) is 0. The summed E-state index contributed by atoms with van der Waals surface area (Å²) < 4.78 is 40.9. The van der Waals surface area contributed by atoms with Gasteiger partial charge in [-0.1, -0.05) is 12.1 Å². The first-order valence-corrected chi connectivity index (χ1v) is 9.40. The molecule has 3 atom stereocenters. The highest BCUT2D eigenvalue weighted by molar-refractivity contribution is 7.89. The van der Waals surface area contributed by atoms with Gasteiger partial charge in [-0.05, 0) is 39.6 Å². The van der Waals surface area contributed by atoms with Crippen LogP contribution in [0.25, 0.3) is 0 Å². The molecule has 0 radical (unpaired) electrons. The van der Waals surface area contributed by atoms with E-state index in [0.29, 0.717) is 6.54 Å². The van der Waals surface area contributed by atoms with Gasteiger partial charge in [-0.15, -0.1) is 0 Å². The molecule has 2 aliphatic heterocycles. The lowest BCUT2D eigenvalue weighted by Crippen LogP contribution is -2.60. The first-order chi connectivity index (χ1) is 11.2. The van der Waals surface area contributed by atoms with Crippen LogP contribution in [-0.2, 0) is 14.8 Å². The van der Waals surface area contributed by atoms with E-state index in [-0.39, 0.29) is 29.4 Å². The van der Waals surface area contributed by atoms with E-state index in [4.69, 9.17) is 0 Å². The third-order valence-electron chi connectivity index (χ3n) is 5.01. The fourth-order valence-electron chi connectivity index (χ4n) is 3.52. The topological polar surface area (TPSA) is 60.9 Å². The van der Waals surface area contributed by atoms with Crippen LogP contribution in [0.1, 0.15) is 13.3 Å². The second kappa shape index (κ2) is 6.09. The van der Waals surface area contributed by atoms with E-state index in [1.807, 2.05) is 19.0 Å². The van der Waals surface area contributed by atoms with Crippen molar-refractivity contribution in [3.63, 3.8) is 0 Å². The SMILES string of the molecule is C[C@H]1C(=O)N2C[C@@H](N(C)C)C[C@H]2CN1S(=O)(=O)c1ccccc1F. The Morgan fingerprint density at radius 2 is 1.88 bits per heavy atom. The molecule has 2 aliphatic rings. The monoisotopic (exact) mass is 355 g/mol. The lowest BCUT2D eigenvalue weighted by atomic mass is 10.1. The van der Waals surface area contributed by atoms with Gasteiger partial charge >= 0.3 is 0 Å². The molecule has 0 unspecified atom stereocenters. The minimum Gasteiger partial charge on any atom is -0.335 e. The summed E-state index contributed by atoms with van der Waals surface area (Å²) in [6.45, 7) is 2.38. The maximum absolute atomic E-state index is 14.0. The lowest BCUT2D eigenvalue weighted by Gasteiger charge is -2.40. The molecule has 0 aromatic heterocycles. The van der Waals surface area contributed by atoms with Gasteiger partial charge in [0.2, 0.25) is 15.9 Å². The molecule has 1 aromatic rings. The summed E-state index contributed by atoms with van der Waals surface area (Å²) in [5.74, 6) is -1.01. The normalized spacial score (nSPS) is 28.5. The second-order valence-corrected chi connectivity index (χ2v) is 8.54. The Labute approximate surface area is 141 Å². The Bertz CT molecular complexity index is 753. The first-order valence-electron chi connectivity index (χ1n) is 7.96. The molecule has 0 bridgehead atoms. The number of benzene rings is 1. The molecule has 1 amide bonds. The summed E-state index contributed by atoms with van der Waals surface area (Å²) in [5, 5.41) is 0. The molecule has 24 heavy (non-hydrogen) atoms. The predicted octanol–water partition coefficient (Wildman–Crippen LogP) is 0.750. The molecular formula is C16H22FN3O3S. The lowest BCUT2D eigenvalue weighted by molar-refractivity contribution is -0.139. The van der Waals surface area contributed by atoms with E-state index in [9.17, 15) is 17.6 Å². The van der Waals surface area contributed by atoms with Crippen LogP contribution in [-0.4, -0.2) is 73.7 Å². The van der Waals surface area contributed by atoms with Crippen molar-refractivity contribution in [1.29, 1.82) is 0 Å². The van der Waals surface area contributed by atoms with E-state index in [2.05, 4.69) is 0 Å². The van der Waals surface area contributed by atoms with Gasteiger partial charge in [-0.25, -0.2) is 12.8 Å². The van der Waals surface area contributed by atoms with Gasteiger partial charge in [0.25, 0.3) is 0 Å². The molecule has 1 aromatic carbocycles. The fraction of sp³-hybridized carbons (Fsp3) is 0.562. The number of rotatable bonds is 3. The van der Waals surface area contributed by atoms with Crippen LogP contribution in [0.3, 0.4) is 0 Å². The van der Waals surface area contributed by atoms with Crippen molar-refractivity contribution >= 4 is 15.9 Å². The molecule has 2 heterocycles. The molecule has 2 fully saturated rings. The maximum Gasteiger partial charge on any atom is 0.246 e. The summed E-state index contributed by atoms with van der Waals surface area (Å²) in [4.78, 5) is 16.1. The number of piperazine rings is 1. The number of hydrogen-bond donors (Lipinski definition) is 0. The van der Waals surface area contributed by atoms with Crippen molar-refractivity contribution < 1.29 is 17.6 Å². The third kappa shape index (κ3) is 2.72. The van der Waals surface area contributed by atoms with Gasteiger partial charge < -0.3 is 9.80 Å². The van der Waals surface area contributed by atoms with Gasteiger partial charge in [0.05, 0.1) is 0 Å². The van der Waals surface area contributed by atoms with Crippen LogP contribution in [0.15, 0.2) is 29.2 Å². The van der Waals surface area contributed by atoms with Gasteiger partial charge in [-0.2, -0.15) is 4.31 Å². The molecular weight excluding hydrogens is 333 g/mol. The van der Waals surface area contributed by atoms with Crippen LogP contribution in [0.2, 0.25) is 0 Å². The highest BCUT2D eigenvalue weighted by Gasteiger charge is 2.48. The average molecular weight is 355 g/mol. The Balaban J connectivity index is 1.93. The van der Waals surface area contributed by atoms with E-state index in [1.54, 1.807) is 11.8 Å². The van der Waals surface area contributed by atoms with E-state index >= 15 is 0 Å². The molecule has 0 N–H and O–H groups in total. The number of carbonyl (C=O) groups is 1. The highest BCUT2D eigenvalue weighted by Crippen LogP contribution is 2.31. The summed E-state index contributed by atoms with van der Waals surface area (Å²) in [7, 11) is -0.155. The predicted molar refractivity (Wildman–Crippen MR) is 87.3 cm³/mol. The van der Waals surface area contributed by atoms with Gasteiger partial charge in [0.1, 0.15) is 16.8 Å². The zero-order valence-electron chi connectivity index (χ0n) is 14.0. The quantitative estimate of drug-likeness (QED) is 0.803. The minimum absolute atomic E-state index is 0.164. The Morgan fingerprint density at radius 3 is 2.50 bits per heavy atom. The smallest absolute Gasteiger partial charge is 0.246 e. The van der Waals surface area contributed by atoms with Crippen molar-refractivity contribution in [1.82, 2.24) is 14.1 Å². The van der Waals surface area contributed by atoms with Crippen molar-refractivity contribution in [2.24, 2.45) is 0 Å². The van der Waals surface area contributed by atoms with Crippen LogP contribution < -0.4 is 0 Å². The number of likely N-dealkylation sites (N-methyl/N-ethyl adjacent to an activating group) is 1. The first kappa shape index (κ1) is 17.3. The molecule has 2 saturated heterocycles. The van der Waals surface area contributed by atoms with E-state index in [1.165, 1.54) is 18.2 Å². The number of hydrogen-bond acceptors (Lipinski definition) is 4. The number of nitrogens with zero attached hydrogens (tertiary/aromatic N) is 3. The summed E-state index contributed by atoms with van der Waals surface area (Å²) >= 11 is 0. The largest absolute Gasteiger partial charge is 0.335 e. The van der Waals surface area contributed by atoms with Crippen molar-refractivity contribution in [3.8, 4) is 0 Å². The molecule has 8 heteroatoms. The van der Waals surface area contributed by atoms with Crippen LogP contribution in [0.4, 0.5) is 4.39 Å². The molecule has 0 aliphatic carbocycles. The van der Waals surface area contributed by atoms with E-state index in [0.717, 1.165) is 16.8 Å². The average Bonchev–Trinajstić information content (AvgIpc) is 2.95. The molecule has 6 nitrogen and oxygen atoms in total. The van der Waals surface area contributed by atoms with Gasteiger partial charge in [-0.3, -0.25) is 4.79 Å². The number of halogens is 1. The van der Waals surface area contributed by atoms with Gasteiger partial charge in [0.15, 0.2) is 0 Å². The number of sulfonamides is 1. The number of amides is 1. The van der Waals surface area contributed by atoms with Crippen LogP contribution in [0, 0.1) is 5.82 Å². The Morgan fingerprint density at radius 1 is 1.21 bits per heavy atom. The molecule has 0 saturated carbocycles. The Hall–Kier alpha value is -1.51. The zero-order chi connectivity index (χ0) is 17.6. The van der Waals surface area contributed by atoms with Crippen LogP contribution >= 0.6 is 0 Å². The highest BCUT2D eigenvalue weighted by atomic mass is 32.2. The minimum atomic E-state index is -4.05. The fourth-order valence-corrected chi connectivity index (χ4v) is 5.22. The summed E-state index contributed by atoms with van der Waals surface area (Å²) in [6.07, 6.45) is 0.717.